The third kappa shape index (κ3) is 3.21. The Labute approximate surface area is 194 Å². The van der Waals surface area contributed by atoms with Crippen molar-refractivity contribution in [3.8, 4) is 22.4 Å². The molecule has 1 fully saturated rings. The molecule has 0 bridgehead atoms. The fraction of sp³-hybridized carbons (Fsp3) is 0.174. The fourth-order valence-corrected chi connectivity index (χ4v) is 4.42. The first-order valence-corrected chi connectivity index (χ1v) is 10.7. The molecule has 0 atom stereocenters. The second-order valence-corrected chi connectivity index (χ2v) is 8.59. The molecule has 1 aliphatic heterocycles. The average Bonchev–Trinajstić information content (AvgIpc) is 3.14. The van der Waals surface area contributed by atoms with E-state index in [0.29, 0.717) is 34.5 Å². The van der Waals surface area contributed by atoms with Crippen molar-refractivity contribution in [1.82, 2.24) is 19.9 Å². The van der Waals surface area contributed by atoms with Gasteiger partial charge in [-0.05, 0) is 36.9 Å². The molecular weight excluding hydrogens is 449 g/mol. The number of carbonyl (C=O) groups is 1. The highest BCUT2D eigenvalue weighted by Crippen LogP contribution is 2.39. The predicted molar refractivity (Wildman–Crippen MR) is 126 cm³/mol. The van der Waals surface area contributed by atoms with Crippen LogP contribution in [0.2, 0.25) is 10.0 Å². The zero-order valence-corrected chi connectivity index (χ0v) is 18.6. The molecule has 1 saturated heterocycles. The van der Waals surface area contributed by atoms with Gasteiger partial charge < -0.3 is 15.3 Å². The highest BCUT2D eigenvalue weighted by Gasteiger charge is 2.49. The zero-order chi connectivity index (χ0) is 22.5. The molecule has 162 valence electrons. The highest BCUT2D eigenvalue weighted by atomic mass is 35.5. The van der Waals surface area contributed by atoms with Crippen LogP contribution in [-0.2, 0) is 4.79 Å². The number of anilines is 1. The molecule has 7 nitrogen and oxygen atoms in total. The first kappa shape index (κ1) is 20.8. The van der Waals surface area contributed by atoms with Crippen molar-refractivity contribution in [2.24, 2.45) is 0 Å². The molecule has 32 heavy (non-hydrogen) atoms. The number of aliphatic carboxylic acids is 1. The zero-order valence-electron chi connectivity index (χ0n) is 17.1. The minimum atomic E-state index is -0.979. The van der Waals surface area contributed by atoms with Crippen LogP contribution in [0.3, 0.4) is 0 Å². The second-order valence-electron chi connectivity index (χ2n) is 7.74. The van der Waals surface area contributed by atoms with Crippen molar-refractivity contribution in [3.05, 3.63) is 70.8 Å². The third-order valence-electron chi connectivity index (χ3n) is 5.89. The second kappa shape index (κ2) is 7.78. The topological polar surface area (TPSA) is 82.8 Å². The highest BCUT2D eigenvalue weighted by molar-refractivity contribution is 6.33. The fourth-order valence-electron chi connectivity index (χ4n) is 4.06. The van der Waals surface area contributed by atoms with Gasteiger partial charge in [0.2, 0.25) is 0 Å². The van der Waals surface area contributed by atoms with E-state index in [1.54, 1.807) is 17.8 Å². The first-order valence-electron chi connectivity index (χ1n) is 9.99. The van der Waals surface area contributed by atoms with Gasteiger partial charge in [-0.1, -0.05) is 53.5 Å². The lowest BCUT2D eigenvalue weighted by Gasteiger charge is -2.47. The van der Waals surface area contributed by atoms with Gasteiger partial charge in [-0.25, -0.2) is 4.98 Å². The maximum absolute atomic E-state index is 11.7. The van der Waals surface area contributed by atoms with E-state index in [2.05, 4.69) is 10.3 Å². The summed E-state index contributed by atoms with van der Waals surface area (Å²) >= 11 is 12.6. The van der Waals surface area contributed by atoms with Crippen LogP contribution in [0.25, 0.3) is 28.0 Å². The number of nitrogens with one attached hydrogen (secondary N) is 1. The smallest absolute Gasteiger partial charge is 0.327 e. The minimum absolute atomic E-state index is 0.315. The van der Waals surface area contributed by atoms with Gasteiger partial charge in [-0.2, -0.15) is 9.61 Å². The SMILES string of the molecule is CNC1(C(=O)O)CN(c2ccnc3c(-c4ccc(Cl)cc4)c(-c4ccccc4Cl)nn23)C1. The van der Waals surface area contributed by atoms with E-state index in [0.717, 1.165) is 22.5 Å². The molecule has 4 aromatic rings. The summed E-state index contributed by atoms with van der Waals surface area (Å²) in [6, 6.07) is 16.9. The van der Waals surface area contributed by atoms with Gasteiger partial charge >= 0.3 is 5.97 Å². The number of aromatic nitrogens is 3. The molecule has 1 aliphatic rings. The van der Waals surface area contributed by atoms with E-state index >= 15 is 0 Å². The lowest BCUT2D eigenvalue weighted by atomic mass is 9.90. The van der Waals surface area contributed by atoms with E-state index in [9.17, 15) is 9.90 Å². The normalized spacial score (nSPS) is 15.0. The molecule has 0 unspecified atom stereocenters. The van der Waals surface area contributed by atoms with E-state index in [1.165, 1.54) is 0 Å². The maximum atomic E-state index is 11.7. The first-order chi connectivity index (χ1) is 15.4. The van der Waals surface area contributed by atoms with Crippen LogP contribution in [0.5, 0.6) is 0 Å². The van der Waals surface area contributed by atoms with Crippen LogP contribution in [0.4, 0.5) is 5.82 Å². The third-order valence-corrected chi connectivity index (χ3v) is 6.48. The summed E-state index contributed by atoms with van der Waals surface area (Å²) in [5.74, 6) is -0.115. The Balaban J connectivity index is 1.71. The summed E-state index contributed by atoms with van der Waals surface area (Å²) in [4.78, 5) is 18.3. The van der Waals surface area contributed by atoms with Gasteiger partial charge in [0, 0.05) is 16.8 Å². The van der Waals surface area contributed by atoms with E-state index in [1.807, 2.05) is 59.5 Å². The number of nitrogens with zero attached hydrogens (tertiary/aromatic N) is 4. The molecule has 2 aromatic carbocycles. The van der Waals surface area contributed by atoms with Crippen LogP contribution >= 0.6 is 23.2 Å². The summed E-state index contributed by atoms with van der Waals surface area (Å²) < 4.78 is 1.75. The number of carboxylic acid groups (broad SMARTS) is 1. The number of fused-ring (bicyclic) bond motifs is 1. The van der Waals surface area contributed by atoms with Crippen LogP contribution in [0.15, 0.2) is 60.8 Å². The molecule has 9 heteroatoms. The monoisotopic (exact) mass is 467 g/mol. The van der Waals surface area contributed by atoms with E-state index in [-0.39, 0.29) is 0 Å². The Morgan fingerprint density at radius 3 is 2.47 bits per heavy atom. The summed E-state index contributed by atoms with van der Waals surface area (Å²) in [5, 5.41) is 18.6. The van der Waals surface area contributed by atoms with E-state index in [4.69, 9.17) is 28.3 Å². The molecule has 0 radical (unpaired) electrons. The quantitative estimate of drug-likeness (QED) is 0.456. The van der Waals surface area contributed by atoms with Crippen LogP contribution in [0.1, 0.15) is 0 Å². The standard InChI is InChI=1S/C23H19Cl2N5O2/c1-26-23(22(31)32)12-29(13-23)18-10-11-27-21-19(14-6-8-15(24)9-7-14)20(28-30(18)21)16-4-2-3-5-17(16)25/h2-11,26H,12-13H2,1H3,(H,31,32). The number of hydrogen-bond acceptors (Lipinski definition) is 5. The Hall–Kier alpha value is -3.13. The van der Waals surface area contributed by atoms with Gasteiger partial charge in [-0.3, -0.25) is 4.79 Å². The molecule has 0 saturated carbocycles. The van der Waals surface area contributed by atoms with Crippen molar-refractivity contribution in [2.45, 2.75) is 5.54 Å². The number of benzene rings is 2. The number of rotatable bonds is 5. The summed E-state index contributed by atoms with van der Waals surface area (Å²) in [6.07, 6.45) is 1.71. The van der Waals surface area contributed by atoms with Gasteiger partial charge in [0.15, 0.2) is 11.2 Å². The molecule has 0 amide bonds. The number of hydrogen-bond donors (Lipinski definition) is 2. The van der Waals surface area contributed by atoms with E-state index < -0.39 is 11.5 Å². The van der Waals surface area contributed by atoms with Gasteiger partial charge in [0.05, 0.1) is 23.7 Å². The van der Waals surface area contributed by atoms with Crippen molar-refractivity contribution in [3.63, 3.8) is 0 Å². The maximum Gasteiger partial charge on any atom is 0.327 e. The number of likely N-dealkylation sites (N-methyl/N-ethyl adjacent to an activating group) is 1. The minimum Gasteiger partial charge on any atom is -0.480 e. The van der Waals surface area contributed by atoms with Crippen LogP contribution < -0.4 is 10.2 Å². The Morgan fingerprint density at radius 1 is 1.09 bits per heavy atom. The summed E-state index contributed by atoms with van der Waals surface area (Å²) in [7, 11) is 1.66. The van der Waals surface area contributed by atoms with Crippen LogP contribution in [0, 0.1) is 0 Å². The van der Waals surface area contributed by atoms with Gasteiger partial charge in [0.25, 0.3) is 0 Å². The van der Waals surface area contributed by atoms with Crippen LogP contribution in [-0.4, -0.2) is 51.4 Å². The molecular formula is C23H19Cl2N5O2. The lowest BCUT2D eigenvalue weighted by molar-refractivity contribution is -0.145. The Bertz CT molecular complexity index is 1330. The molecule has 2 aromatic heterocycles. The number of carboxylic acids is 1. The summed E-state index contributed by atoms with van der Waals surface area (Å²) in [6.45, 7) is 0.630. The molecule has 3 heterocycles. The van der Waals surface area contributed by atoms with Crippen molar-refractivity contribution in [2.75, 3.05) is 25.0 Å². The lowest BCUT2D eigenvalue weighted by Crippen LogP contribution is -2.73. The van der Waals surface area contributed by atoms with Crippen molar-refractivity contribution < 1.29 is 9.90 Å². The predicted octanol–water partition coefficient (Wildman–Crippen LogP) is 4.23. The molecule has 0 aliphatic carbocycles. The molecule has 0 spiro atoms. The Kier molecular flexibility index (Phi) is 5.04. The summed E-state index contributed by atoms with van der Waals surface area (Å²) in [5.41, 5.74) is 2.88. The van der Waals surface area contributed by atoms with Gasteiger partial charge in [0.1, 0.15) is 11.5 Å². The number of halogens is 2. The van der Waals surface area contributed by atoms with Gasteiger partial charge in [-0.15, -0.1) is 0 Å². The largest absolute Gasteiger partial charge is 0.480 e. The van der Waals surface area contributed by atoms with Crippen molar-refractivity contribution >= 4 is 40.6 Å². The average molecular weight is 468 g/mol. The Morgan fingerprint density at radius 2 is 1.81 bits per heavy atom. The molecule has 5 rings (SSSR count). The van der Waals surface area contributed by atoms with Crippen molar-refractivity contribution in [1.29, 1.82) is 0 Å². The molecule has 2 N–H and O–H groups in total.